The lowest BCUT2D eigenvalue weighted by atomic mass is 10.2. The van der Waals surface area contributed by atoms with E-state index in [1.54, 1.807) is 7.05 Å². The van der Waals surface area contributed by atoms with E-state index < -0.39 is 9.85 Å². The molecule has 9 nitrogen and oxygen atoms in total. The summed E-state index contributed by atoms with van der Waals surface area (Å²) in [6.45, 7) is 0. The lowest BCUT2D eigenvalue weighted by Crippen LogP contribution is -2.02. The summed E-state index contributed by atoms with van der Waals surface area (Å²) in [5, 5.41) is 21.1. The summed E-state index contributed by atoms with van der Waals surface area (Å²) in [5.74, 6) is -0.0954. The van der Waals surface area contributed by atoms with Gasteiger partial charge in [-0.3, -0.25) is 10.1 Å². The Morgan fingerprint density at radius 3 is 2.53 bits per heavy atom. The lowest BCUT2D eigenvalue weighted by Gasteiger charge is -1.98. The first-order valence-electron chi connectivity index (χ1n) is 5.37. The fraction of sp³-hybridized carbons (Fsp3) is 0.300. The van der Waals surface area contributed by atoms with Crippen LogP contribution in [0.1, 0.15) is 11.5 Å². The van der Waals surface area contributed by atoms with E-state index in [0.29, 0.717) is 24.3 Å². The fourth-order valence-corrected chi connectivity index (χ4v) is 1.69. The minimum Gasteiger partial charge on any atom is -0.406 e. The minimum absolute atomic E-state index is 0.236. The Hall–Kier alpha value is -2.71. The molecular weight excluding hydrogens is 256 g/mol. The van der Waals surface area contributed by atoms with Gasteiger partial charge in [-0.1, -0.05) is 4.98 Å². The molecule has 2 aromatic rings. The van der Waals surface area contributed by atoms with E-state index >= 15 is 0 Å². The highest BCUT2D eigenvalue weighted by molar-refractivity contribution is 5.20. The molecule has 0 spiro atoms. The van der Waals surface area contributed by atoms with E-state index in [0.717, 1.165) is 0 Å². The van der Waals surface area contributed by atoms with Crippen LogP contribution in [0.4, 0.5) is 11.8 Å². The number of aromatic nitrogens is 2. The summed E-state index contributed by atoms with van der Waals surface area (Å²) in [5.41, 5.74) is 0.658. The molecule has 2 rings (SSSR count). The van der Waals surface area contributed by atoms with E-state index in [4.69, 9.17) is 4.42 Å². The van der Waals surface area contributed by atoms with Crippen LogP contribution >= 0.6 is 0 Å². The number of hydrogen-bond acceptors (Lipinski definition) is 6. The third kappa shape index (κ3) is 2.59. The van der Waals surface area contributed by atoms with Crippen LogP contribution in [0.5, 0.6) is 0 Å². The molecule has 0 amide bonds. The third-order valence-electron chi connectivity index (χ3n) is 2.68. The number of nitro groups is 2. The maximum Gasteiger partial charge on any atom is 0.434 e. The van der Waals surface area contributed by atoms with Crippen molar-refractivity contribution < 1.29 is 14.3 Å². The number of hydrogen-bond donors (Lipinski definition) is 0. The van der Waals surface area contributed by atoms with Crippen LogP contribution in [-0.2, 0) is 19.9 Å². The van der Waals surface area contributed by atoms with Gasteiger partial charge in [0.05, 0.1) is 13.1 Å². The predicted octanol–water partition coefficient (Wildman–Crippen LogP) is 1.61. The maximum atomic E-state index is 10.6. The first-order chi connectivity index (χ1) is 8.99. The van der Waals surface area contributed by atoms with Gasteiger partial charge < -0.3 is 14.5 Å². The van der Waals surface area contributed by atoms with Crippen LogP contribution in [0.3, 0.4) is 0 Å². The summed E-state index contributed by atoms with van der Waals surface area (Å²) in [7, 11) is 1.55. The molecule has 2 heterocycles. The number of aryl methyl sites for hydroxylation is 2. The average Bonchev–Trinajstić information content (AvgIpc) is 2.93. The van der Waals surface area contributed by atoms with E-state index in [-0.39, 0.29) is 11.8 Å². The molecule has 100 valence electrons. The van der Waals surface area contributed by atoms with E-state index in [1.807, 2.05) is 0 Å². The second-order valence-corrected chi connectivity index (χ2v) is 3.86. The molecule has 0 atom stereocenters. The first-order valence-corrected chi connectivity index (χ1v) is 5.37. The SMILES string of the molecule is Cn1c(CCc2ccc([N+](=O)[O-])o2)cnc1[N+](=O)[O-]. The predicted molar refractivity (Wildman–Crippen MR) is 62.6 cm³/mol. The van der Waals surface area contributed by atoms with Crippen molar-refractivity contribution in [1.82, 2.24) is 9.55 Å². The van der Waals surface area contributed by atoms with Crippen molar-refractivity contribution in [3.63, 3.8) is 0 Å². The van der Waals surface area contributed by atoms with Gasteiger partial charge in [0.2, 0.25) is 0 Å². The Balaban J connectivity index is 2.06. The van der Waals surface area contributed by atoms with Gasteiger partial charge in [0.1, 0.15) is 22.6 Å². The second kappa shape index (κ2) is 4.88. The molecule has 0 saturated heterocycles. The van der Waals surface area contributed by atoms with Gasteiger partial charge in [-0.2, -0.15) is 0 Å². The third-order valence-corrected chi connectivity index (χ3v) is 2.68. The van der Waals surface area contributed by atoms with E-state index in [1.165, 1.54) is 22.9 Å². The molecule has 0 unspecified atom stereocenters. The molecule has 0 aromatic carbocycles. The standard InChI is InChI=1S/C10H10N4O5/c1-12-7(6-11-10(12)14(17)18)2-3-8-4-5-9(19-8)13(15)16/h4-6H,2-3H2,1H3. The normalized spacial score (nSPS) is 10.6. The molecule has 0 bridgehead atoms. The van der Waals surface area contributed by atoms with Crippen molar-refractivity contribution in [3.8, 4) is 0 Å². The quantitative estimate of drug-likeness (QED) is 0.599. The molecule has 0 radical (unpaired) electrons. The Morgan fingerprint density at radius 2 is 2.00 bits per heavy atom. The Bertz CT molecular complexity index is 630. The van der Waals surface area contributed by atoms with Crippen molar-refractivity contribution in [2.75, 3.05) is 0 Å². The number of rotatable bonds is 5. The maximum absolute atomic E-state index is 10.6. The van der Waals surface area contributed by atoms with Gasteiger partial charge >= 0.3 is 11.8 Å². The zero-order chi connectivity index (χ0) is 14.0. The molecule has 0 aliphatic heterocycles. The highest BCUT2D eigenvalue weighted by Crippen LogP contribution is 2.18. The van der Waals surface area contributed by atoms with Crippen LogP contribution in [0.25, 0.3) is 0 Å². The van der Waals surface area contributed by atoms with Crippen LogP contribution in [-0.4, -0.2) is 19.4 Å². The average molecular weight is 266 g/mol. The van der Waals surface area contributed by atoms with Gasteiger partial charge in [0.15, 0.2) is 0 Å². The van der Waals surface area contributed by atoms with E-state index in [2.05, 4.69) is 4.98 Å². The molecular formula is C10H10N4O5. The molecule has 19 heavy (non-hydrogen) atoms. The van der Waals surface area contributed by atoms with Crippen LogP contribution in [0.2, 0.25) is 0 Å². The molecule has 0 saturated carbocycles. The van der Waals surface area contributed by atoms with Gasteiger partial charge in [-0.25, -0.2) is 4.57 Å². The van der Waals surface area contributed by atoms with Crippen LogP contribution < -0.4 is 0 Å². The summed E-state index contributed by atoms with van der Waals surface area (Å²) in [4.78, 5) is 23.6. The smallest absolute Gasteiger partial charge is 0.406 e. The Morgan fingerprint density at radius 1 is 1.26 bits per heavy atom. The van der Waals surface area contributed by atoms with Crippen LogP contribution in [0, 0.1) is 20.2 Å². The van der Waals surface area contributed by atoms with Crippen molar-refractivity contribution in [2.24, 2.45) is 7.05 Å². The van der Waals surface area contributed by atoms with Crippen LogP contribution in [0.15, 0.2) is 22.7 Å². The number of imidazole rings is 1. The van der Waals surface area contributed by atoms with Crippen molar-refractivity contribution in [2.45, 2.75) is 12.8 Å². The molecule has 2 aromatic heterocycles. The largest absolute Gasteiger partial charge is 0.434 e. The highest BCUT2D eigenvalue weighted by Gasteiger charge is 2.18. The zero-order valence-electron chi connectivity index (χ0n) is 9.98. The van der Waals surface area contributed by atoms with Gasteiger partial charge in [0, 0.05) is 12.8 Å². The summed E-state index contributed by atoms with van der Waals surface area (Å²) in [6, 6.07) is 2.80. The Labute approximate surface area is 106 Å². The van der Waals surface area contributed by atoms with Gasteiger partial charge in [-0.05, 0) is 11.0 Å². The molecule has 0 N–H and O–H groups in total. The number of furan rings is 1. The second-order valence-electron chi connectivity index (χ2n) is 3.86. The van der Waals surface area contributed by atoms with Crippen molar-refractivity contribution >= 4 is 11.8 Å². The highest BCUT2D eigenvalue weighted by atomic mass is 16.6. The Kier molecular flexibility index (Phi) is 3.27. The molecule has 0 fully saturated rings. The number of nitrogens with zero attached hydrogens (tertiary/aromatic N) is 4. The summed E-state index contributed by atoms with van der Waals surface area (Å²) >= 11 is 0. The minimum atomic E-state index is -0.613. The molecule has 0 aliphatic rings. The zero-order valence-corrected chi connectivity index (χ0v) is 9.98. The van der Waals surface area contributed by atoms with E-state index in [9.17, 15) is 20.2 Å². The van der Waals surface area contributed by atoms with Gasteiger partial charge in [0.25, 0.3) is 0 Å². The summed E-state index contributed by atoms with van der Waals surface area (Å²) < 4.78 is 6.37. The molecule has 9 heteroatoms. The summed E-state index contributed by atoms with van der Waals surface area (Å²) in [6.07, 6.45) is 2.27. The van der Waals surface area contributed by atoms with Gasteiger partial charge in [-0.15, -0.1) is 0 Å². The topological polar surface area (TPSA) is 117 Å². The first kappa shape index (κ1) is 12.7. The van der Waals surface area contributed by atoms with Crippen molar-refractivity contribution in [3.05, 3.63) is 50.0 Å². The molecule has 0 aliphatic carbocycles. The van der Waals surface area contributed by atoms with Crippen molar-refractivity contribution in [1.29, 1.82) is 0 Å². The lowest BCUT2D eigenvalue weighted by molar-refractivity contribution is -0.402. The monoisotopic (exact) mass is 266 g/mol. The fourth-order valence-electron chi connectivity index (χ4n) is 1.69.